The SMILES string of the molecule is CCC=CCOC(=Cc1ccccc1)C(=O)O. The maximum absolute atomic E-state index is 11.0. The number of aliphatic carboxylic acids is 1. The van der Waals surface area contributed by atoms with Crippen LogP contribution in [0.5, 0.6) is 0 Å². The minimum absolute atomic E-state index is 0.0445. The van der Waals surface area contributed by atoms with Gasteiger partial charge in [-0.3, -0.25) is 0 Å². The fourth-order valence-electron chi connectivity index (χ4n) is 1.24. The van der Waals surface area contributed by atoms with E-state index in [2.05, 4.69) is 0 Å². The summed E-state index contributed by atoms with van der Waals surface area (Å²) >= 11 is 0. The summed E-state index contributed by atoms with van der Waals surface area (Å²) in [6.45, 7) is 2.28. The van der Waals surface area contributed by atoms with Gasteiger partial charge >= 0.3 is 5.97 Å². The molecule has 0 atom stereocenters. The molecule has 90 valence electrons. The van der Waals surface area contributed by atoms with E-state index in [0.717, 1.165) is 12.0 Å². The zero-order valence-electron chi connectivity index (χ0n) is 9.80. The number of carboxylic acids is 1. The lowest BCUT2D eigenvalue weighted by Gasteiger charge is -2.03. The largest absolute Gasteiger partial charge is 0.482 e. The first kappa shape index (κ1) is 13.0. The Morgan fingerprint density at radius 2 is 2.00 bits per heavy atom. The van der Waals surface area contributed by atoms with E-state index in [1.807, 2.05) is 49.4 Å². The molecule has 0 saturated carbocycles. The van der Waals surface area contributed by atoms with Gasteiger partial charge in [0.05, 0.1) is 0 Å². The van der Waals surface area contributed by atoms with Gasteiger partial charge in [-0.25, -0.2) is 4.79 Å². The summed E-state index contributed by atoms with van der Waals surface area (Å²) in [5.41, 5.74) is 0.810. The van der Waals surface area contributed by atoms with Crippen molar-refractivity contribution in [3.63, 3.8) is 0 Å². The molecule has 0 amide bonds. The zero-order chi connectivity index (χ0) is 12.5. The number of ether oxygens (including phenoxy) is 1. The topological polar surface area (TPSA) is 46.5 Å². The molecule has 0 fully saturated rings. The molecule has 3 nitrogen and oxygen atoms in total. The molecule has 0 aromatic heterocycles. The van der Waals surface area contributed by atoms with E-state index in [4.69, 9.17) is 9.84 Å². The smallest absolute Gasteiger partial charge is 0.371 e. The summed E-state index contributed by atoms with van der Waals surface area (Å²) in [4.78, 5) is 11.0. The highest BCUT2D eigenvalue weighted by atomic mass is 16.5. The Morgan fingerprint density at radius 3 is 2.59 bits per heavy atom. The third-order valence-corrected chi connectivity index (χ3v) is 2.05. The number of hydrogen-bond acceptors (Lipinski definition) is 2. The minimum Gasteiger partial charge on any atom is -0.482 e. The summed E-state index contributed by atoms with van der Waals surface area (Å²) in [5, 5.41) is 8.97. The molecule has 1 aromatic rings. The Bertz CT molecular complexity index is 405. The number of allylic oxidation sites excluding steroid dienone is 1. The Labute approximate surface area is 101 Å². The van der Waals surface area contributed by atoms with Crippen molar-refractivity contribution in [3.05, 3.63) is 53.8 Å². The lowest BCUT2D eigenvalue weighted by Crippen LogP contribution is -2.05. The van der Waals surface area contributed by atoms with Crippen LogP contribution in [0.4, 0.5) is 0 Å². The van der Waals surface area contributed by atoms with Crippen LogP contribution >= 0.6 is 0 Å². The Balaban J connectivity index is 2.69. The van der Waals surface area contributed by atoms with Crippen LogP contribution in [0, 0.1) is 0 Å². The van der Waals surface area contributed by atoms with Gasteiger partial charge in [-0.05, 0) is 18.1 Å². The van der Waals surface area contributed by atoms with Gasteiger partial charge < -0.3 is 9.84 Å². The molecule has 0 saturated heterocycles. The summed E-state index contributed by atoms with van der Waals surface area (Å²) in [6.07, 6.45) is 6.17. The molecule has 1 rings (SSSR count). The van der Waals surface area contributed by atoms with Crippen LogP contribution < -0.4 is 0 Å². The molecule has 17 heavy (non-hydrogen) atoms. The van der Waals surface area contributed by atoms with E-state index in [9.17, 15) is 4.79 Å². The lowest BCUT2D eigenvalue weighted by molar-refractivity contribution is -0.136. The molecule has 0 bridgehead atoms. The van der Waals surface area contributed by atoms with Crippen LogP contribution in [0.3, 0.4) is 0 Å². The molecular formula is C14H16O3. The monoisotopic (exact) mass is 232 g/mol. The second-order valence-electron chi connectivity index (χ2n) is 3.42. The third kappa shape index (κ3) is 5.02. The molecule has 0 aliphatic heterocycles. The first-order valence-corrected chi connectivity index (χ1v) is 5.52. The molecule has 3 heteroatoms. The average molecular weight is 232 g/mol. The number of hydrogen-bond donors (Lipinski definition) is 1. The average Bonchev–Trinajstić information content (AvgIpc) is 2.34. The van der Waals surface area contributed by atoms with Gasteiger partial charge in [0.25, 0.3) is 0 Å². The fourth-order valence-corrected chi connectivity index (χ4v) is 1.24. The summed E-state index contributed by atoms with van der Waals surface area (Å²) in [5.74, 6) is -1.10. The molecule has 0 aliphatic rings. The predicted molar refractivity (Wildman–Crippen MR) is 67.4 cm³/mol. The fraction of sp³-hybridized carbons (Fsp3) is 0.214. The van der Waals surface area contributed by atoms with Crippen molar-refractivity contribution in [1.29, 1.82) is 0 Å². The third-order valence-electron chi connectivity index (χ3n) is 2.05. The van der Waals surface area contributed by atoms with Gasteiger partial charge in [0, 0.05) is 0 Å². The molecule has 0 radical (unpaired) electrons. The highest BCUT2D eigenvalue weighted by molar-refractivity contribution is 5.89. The molecule has 0 spiro atoms. The van der Waals surface area contributed by atoms with Crippen molar-refractivity contribution in [1.82, 2.24) is 0 Å². The minimum atomic E-state index is -1.06. The van der Waals surface area contributed by atoms with E-state index < -0.39 is 5.97 Å². The van der Waals surface area contributed by atoms with E-state index in [1.165, 1.54) is 6.08 Å². The molecule has 0 unspecified atom stereocenters. The quantitative estimate of drug-likeness (QED) is 0.465. The van der Waals surface area contributed by atoms with Crippen LogP contribution in [-0.2, 0) is 9.53 Å². The normalized spacial score (nSPS) is 11.7. The van der Waals surface area contributed by atoms with Gasteiger partial charge in [-0.2, -0.15) is 0 Å². The van der Waals surface area contributed by atoms with Crippen molar-refractivity contribution >= 4 is 12.0 Å². The van der Waals surface area contributed by atoms with Crippen LogP contribution in [0.15, 0.2) is 48.2 Å². The van der Waals surface area contributed by atoms with Crippen LogP contribution in [0.2, 0.25) is 0 Å². The molecule has 1 N–H and O–H groups in total. The second kappa shape index (κ2) is 7.28. The Kier molecular flexibility index (Phi) is 5.58. The number of benzene rings is 1. The first-order chi connectivity index (χ1) is 8.24. The second-order valence-corrected chi connectivity index (χ2v) is 3.42. The maximum atomic E-state index is 11.0. The van der Waals surface area contributed by atoms with Gasteiger partial charge in [0.2, 0.25) is 5.76 Å². The highest BCUT2D eigenvalue weighted by Crippen LogP contribution is 2.08. The summed E-state index contributed by atoms with van der Waals surface area (Å²) in [6, 6.07) is 9.23. The van der Waals surface area contributed by atoms with Gasteiger partial charge in [-0.1, -0.05) is 49.4 Å². The number of carbonyl (C=O) groups is 1. The maximum Gasteiger partial charge on any atom is 0.371 e. The molecule has 0 aliphatic carbocycles. The van der Waals surface area contributed by atoms with Crippen LogP contribution in [0.25, 0.3) is 6.08 Å². The lowest BCUT2D eigenvalue weighted by atomic mass is 10.2. The summed E-state index contributed by atoms with van der Waals surface area (Å²) < 4.78 is 5.18. The van der Waals surface area contributed by atoms with Gasteiger partial charge in [-0.15, -0.1) is 0 Å². The van der Waals surface area contributed by atoms with E-state index >= 15 is 0 Å². The number of rotatable bonds is 6. The van der Waals surface area contributed by atoms with Gasteiger partial charge in [0.1, 0.15) is 6.61 Å². The standard InChI is InChI=1S/C14H16O3/c1-2-3-7-10-17-13(14(15)16)11-12-8-5-4-6-9-12/h3-9,11H,2,10H2,1H3,(H,15,16). The molecular weight excluding hydrogens is 216 g/mol. The van der Waals surface area contributed by atoms with E-state index in [1.54, 1.807) is 0 Å². The predicted octanol–water partition coefficient (Wildman–Crippen LogP) is 3.09. The van der Waals surface area contributed by atoms with Crippen molar-refractivity contribution in [2.45, 2.75) is 13.3 Å². The van der Waals surface area contributed by atoms with Crippen molar-refractivity contribution in [2.75, 3.05) is 6.61 Å². The van der Waals surface area contributed by atoms with E-state index in [0.29, 0.717) is 0 Å². The van der Waals surface area contributed by atoms with Gasteiger partial charge in [0.15, 0.2) is 0 Å². The van der Waals surface area contributed by atoms with Crippen LogP contribution in [0.1, 0.15) is 18.9 Å². The number of carboxylic acid groups (broad SMARTS) is 1. The molecule has 0 heterocycles. The Morgan fingerprint density at radius 1 is 1.29 bits per heavy atom. The van der Waals surface area contributed by atoms with E-state index in [-0.39, 0.29) is 12.4 Å². The summed E-state index contributed by atoms with van der Waals surface area (Å²) in [7, 11) is 0. The zero-order valence-corrected chi connectivity index (χ0v) is 9.80. The molecule has 1 aromatic carbocycles. The highest BCUT2D eigenvalue weighted by Gasteiger charge is 2.07. The van der Waals surface area contributed by atoms with Crippen molar-refractivity contribution in [3.8, 4) is 0 Å². The first-order valence-electron chi connectivity index (χ1n) is 5.52. The van der Waals surface area contributed by atoms with Crippen molar-refractivity contribution in [2.24, 2.45) is 0 Å². The van der Waals surface area contributed by atoms with Crippen molar-refractivity contribution < 1.29 is 14.6 Å². The van der Waals surface area contributed by atoms with Crippen LogP contribution in [-0.4, -0.2) is 17.7 Å². The Hall–Kier alpha value is -2.03.